The fraction of sp³-hybridized carbons (Fsp3) is 0.800. The van der Waals surface area contributed by atoms with Crippen LogP contribution >= 0.6 is 0 Å². The molecule has 4 aliphatic rings. The van der Waals surface area contributed by atoms with Crippen molar-refractivity contribution >= 4 is 6.09 Å². The molecule has 1 aromatic rings. The number of amides is 1. The van der Waals surface area contributed by atoms with E-state index in [4.69, 9.17) is 14.2 Å². The monoisotopic (exact) mass is 544 g/mol. The van der Waals surface area contributed by atoms with E-state index in [1.807, 2.05) is 10.9 Å². The number of nitrogens with zero attached hydrogens (tertiary/aromatic N) is 4. The van der Waals surface area contributed by atoms with Crippen LogP contribution in [0.3, 0.4) is 0 Å². The number of rotatable bonds is 10. The van der Waals surface area contributed by atoms with Crippen molar-refractivity contribution in [3.63, 3.8) is 0 Å². The predicted molar refractivity (Wildman–Crippen MR) is 149 cm³/mol. The highest BCUT2D eigenvalue weighted by molar-refractivity contribution is 5.66. The molecule has 0 radical (unpaired) electrons. The van der Waals surface area contributed by atoms with Gasteiger partial charge in [-0.15, -0.1) is 0 Å². The van der Waals surface area contributed by atoms with Crippen LogP contribution in [-0.4, -0.2) is 94.1 Å². The van der Waals surface area contributed by atoms with E-state index < -0.39 is 11.7 Å². The highest BCUT2D eigenvalue weighted by Gasteiger charge is 2.72. The van der Waals surface area contributed by atoms with E-state index in [1.54, 1.807) is 12.0 Å². The molecule has 3 saturated heterocycles. The van der Waals surface area contributed by atoms with E-state index >= 15 is 0 Å². The fourth-order valence-electron chi connectivity index (χ4n) is 7.67. The minimum absolute atomic E-state index is 0.0407. The van der Waals surface area contributed by atoms with Crippen molar-refractivity contribution in [2.24, 2.45) is 17.8 Å². The Morgan fingerprint density at radius 2 is 2.10 bits per heavy atom. The summed E-state index contributed by atoms with van der Waals surface area (Å²) in [5, 5.41) is 15.4. The Hall–Kier alpha value is -1.94. The standard InChI is InChI=1S/C30H48N4O5/c1-19(2)8-9-24-29(5,39-24)27-26(37-7)23(10-12-30(27)18-38-30)34(28(35)36)25(20(3)4)22-14-31-33(17-22)16-21-11-13-32(6)15-21/h8,14,17,20-21,23-27H,9-13,15-16,18H2,1-7H3,(H,35,36)/t21-,23+,24+,25?,26+,27+,29-,30-/m0/s1. The molecule has 1 aliphatic carbocycles. The zero-order valence-electron chi connectivity index (χ0n) is 24.8. The first kappa shape index (κ1) is 28.6. The normalized spacial score (nSPS) is 36.8. The largest absolute Gasteiger partial charge is 0.465 e. The average molecular weight is 545 g/mol. The summed E-state index contributed by atoms with van der Waals surface area (Å²) in [5.74, 6) is 0.598. The summed E-state index contributed by atoms with van der Waals surface area (Å²) < 4.78 is 20.7. The van der Waals surface area contributed by atoms with Gasteiger partial charge in [0.1, 0.15) is 5.60 Å². The maximum absolute atomic E-state index is 13.1. The summed E-state index contributed by atoms with van der Waals surface area (Å²) in [6, 6.07) is -0.633. The van der Waals surface area contributed by atoms with E-state index in [9.17, 15) is 9.90 Å². The van der Waals surface area contributed by atoms with Gasteiger partial charge in [0, 0.05) is 37.9 Å². The van der Waals surface area contributed by atoms with Crippen LogP contribution in [0.4, 0.5) is 4.79 Å². The quantitative estimate of drug-likeness (QED) is 0.340. The van der Waals surface area contributed by atoms with Gasteiger partial charge in [-0.3, -0.25) is 9.58 Å². The van der Waals surface area contributed by atoms with Crippen LogP contribution in [-0.2, 0) is 20.8 Å². The number of carbonyl (C=O) groups is 1. The third-order valence-corrected chi connectivity index (χ3v) is 9.70. The molecule has 5 rings (SSSR count). The van der Waals surface area contributed by atoms with Gasteiger partial charge in [-0.05, 0) is 71.9 Å². The van der Waals surface area contributed by atoms with E-state index in [0.29, 0.717) is 18.9 Å². The molecule has 218 valence electrons. The van der Waals surface area contributed by atoms with Crippen molar-refractivity contribution in [1.29, 1.82) is 0 Å². The Morgan fingerprint density at radius 3 is 2.67 bits per heavy atom. The zero-order chi connectivity index (χ0) is 28.1. The minimum atomic E-state index is -0.916. The van der Waals surface area contributed by atoms with Crippen LogP contribution in [0.1, 0.15) is 71.9 Å². The third kappa shape index (κ3) is 5.52. The highest BCUT2D eigenvalue weighted by Crippen LogP contribution is 2.60. The lowest BCUT2D eigenvalue weighted by Crippen LogP contribution is -2.61. The molecule has 1 saturated carbocycles. The number of likely N-dealkylation sites (tertiary alicyclic amines) is 1. The molecule has 0 aromatic carbocycles. The molecular formula is C30H48N4O5. The minimum Gasteiger partial charge on any atom is -0.465 e. The number of aromatic nitrogens is 2. The zero-order valence-corrected chi connectivity index (χ0v) is 24.8. The van der Waals surface area contributed by atoms with Gasteiger partial charge in [-0.25, -0.2) is 4.79 Å². The van der Waals surface area contributed by atoms with Crippen LogP contribution in [0.15, 0.2) is 24.0 Å². The first-order chi connectivity index (χ1) is 18.5. The van der Waals surface area contributed by atoms with Crippen molar-refractivity contribution in [1.82, 2.24) is 19.6 Å². The molecule has 9 heteroatoms. The predicted octanol–water partition coefficient (Wildman–Crippen LogP) is 4.59. The number of epoxide rings is 2. The summed E-state index contributed by atoms with van der Waals surface area (Å²) in [6.07, 6.45) is 8.51. The number of methoxy groups -OCH3 is 1. The summed E-state index contributed by atoms with van der Waals surface area (Å²) in [5.41, 5.74) is 1.52. The SMILES string of the molecule is CO[C@@H]1[C@H](N(C(=O)O)C(c2cnn(C[C@H]3CCN(C)C3)c2)C(C)C)CC[C@]2(CO2)[C@H]1[C@@]1(C)O[C@@H]1CC=C(C)C. The second-order valence-electron chi connectivity index (χ2n) is 13.2. The highest BCUT2D eigenvalue weighted by atomic mass is 16.6. The van der Waals surface area contributed by atoms with Gasteiger partial charge in [0.25, 0.3) is 0 Å². The van der Waals surface area contributed by atoms with Gasteiger partial charge in [0.15, 0.2) is 0 Å². The summed E-state index contributed by atoms with van der Waals surface area (Å²) >= 11 is 0. The van der Waals surface area contributed by atoms with Gasteiger partial charge in [-0.2, -0.15) is 5.10 Å². The molecule has 1 N–H and O–H groups in total. The Kier molecular flexibility index (Phi) is 7.92. The molecule has 9 nitrogen and oxygen atoms in total. The molecule has 4 heterocycles. The maximum Gasteiger partial charge on any atom is 0.408 e. The van der Waals surface area contributed by atoms with Crippen LogP contribution in [0.5, 0.6) is 0 Å². The van der Waals surface area contributed by atoms with Crippen molar-refractivity contribution in [3.8, 4) is 0 Å². The van der Waals surface area contributed by atoms with Crippen molar-refractivity contribution in [2.45, 2.75) is 102 Å². The molecule has 1 spiro atoms. The van der Waals surface area contributed by atoms with Crippen molar-refractivity contribution in [2.75, 3.05) is 33.9 Å². The fourth-order valence-corrected chi connectivity index (χ4v) is 7.67. The molecule has 1 aromatic heterocycles. The van der Waals surface area contributed by atoms with Crippen LogP contribution < -0.4 is 0 Å². The molecule has 1 amide bonds. The number of hydrogen-bond acceptors (Lipinski definition) is 6. The Morgan fingerprint density at radius 1 is 1.36 bits per heavy atom. The lowest BCUT2D eigenvalue weighted by molar-refractivity contribution is -0.102. The first-order valence-corrected chi connectivity index (χ1v) is 14.7. The van der Waals surface area contributed by atoms with E-state index in [-0.39, 0.29) is 41.7 Å². The van der Waals surface area contributed by atoms with Gasteiger partial charge in [0.05, 0.1) is 42.7 Å². The molecule has 3 aliphatic heterocycles. The first-order valence-electron chi connectivity index (χ1n) is 14.7. The second-order valence-corrected chi connectivity index (χ2v) is 13.2. The average Bonchev–Trinajstić information content (AvgIpc) is 3.65. The second kappa shape index (κ2) is 10.8. The van der Waals surface area contributed by atoms with Gasteiger partial charge < -0.3 is 24.2 Å². The number of ether oxygens (including phenoxy) is 3. The molecule has 8 atom stereocenters. The van der Waals surface area contributed by atoms with E-state index in [2.05, 4.69) is 63.9 Å². The Labute approximate surface area is 233 Å². The van der Waals surface area contributed by atoms with E-state index in [0.717, 1.165) is 38.0 Å². The molecular weight excluding hydrogens is 496 g/mol. The smallest absolute Gasteiger partial charge is 0.408 e. The van der Waals surface area contributed by atoms with Crippen molar-refractivity contribution in [3.05, 3.63) is 29.6 Å². The summed E-state index contributed by atoms with van der Waals surface area (Å²) in [6.45, 7) is 14.3. The third-order valence-electron chi connectivity index (χ3n) is 9.70. The van der Waals surface area contributed by atoms with Crippen LogP contribution in [0.25, 0.3) is 0 Å². The number of carboxylic acid groups (broad SMARTS) is 1. The molecule has 1 unspecified atom stereocenters. The summed E-state index contributed by atoms with van der Waals surface area (Å²) in [7, 11) is 3.87. The number of hydrogen-bond donors (Lipinski definition) is 1. The van der Waals surface area contributed by atoms with Gasteiger partial charge in [-0.1, -0.05) is 25.5 Å². The lowest BCUT2D eigenvalue weighted by Gasteiger charge is -2.49. The Bertz CT molecular complexity index is 1060. The molecule has 0 bridgehead atoms. The lowest BCUT2D eigenvalue weighted by atomic mass is 9.67. The number of allylic oxidation sites excluding steroid dienone is 1. The van der Waals surface area contributed by atoms with Gasteiger partial charge in [0.2, 0.25) is 0 Å². The maximum atomic E-state index is 13.1. The Balaban J connectivity index is 1.41. The van der Waals surface area contributed by atoms with E-state index in [1.165, 1.54) is 12.0 Å². The topological polar surface area (TPSA) is 95.9 Å². The van der Waals surface area contributed by atoms with Crippen molar-refractivity contribution < 1.29 is 24.1 Å². The molecule has 39 heavy (non-hydrogen) atoms. The van der Waals surface area contributed by atoms with Gasteiger partial charge >= 0.3 is 6.09 Å². The molecule has 4 fully saturated rings. The van der Waals surface area contributed by atoms with Crippen LogP contribution in [0, 0.1) is 17.8 Å². The summed E-state index contributed by atoms with van der Waals surface area (Å²) in [4.78, 5) is 17.1. The van der Waals surface area contributed by atoms with Crippen LogP contribution in [0.2, 0.25) is 0 Å².